The summed E-state index contributed by atoms with van der Waals surface area (Å²) in [6.07, 6.45) is 1.81. The van der Waals surface area contributed by atoms with Gasteiger partial charge in [-0.15, -0.1) is 0 Å². The maximum Gasteiger partial charge on any atom is 0.253 e. The van der Waals surface area contributed by atoms with Crippen molar-refractivity contribution in [2.24, 2.45) is 0 Å². The van der Waals surface area contributed by atoms with E-state index in [4.69, 9.17) is 4.84 Å². The lowest BCUT2D eigenvalue weighted by molar-refractivity contribution is -0.890. The summed E-state index contributed by atoms with van der Waals surface area (Å²) in [6.45, 7) is 4.75. The maximum absolute atomic E-state index is 12.6. The molecule has 1 amide bonds. The van der Waals surface area contributed by atoms with Gasteiger partial charge in [-0.1, -0.05) is 50.2 Å². The average Bonchev–Trinajstić information content (AvgIpc) is 2.72. The summed E-state index contributed by atoms with van der Waals surface area (Å²) < 4.78 is 1.63. The number of amides is 1. The number of pyridine rings is 1. The van der Waals surface area contributed by atoms with Crippen LogP contribution in [0, 0.1) is 0 Å². The van der Waals surface area contributed by atoms with Crippen molar-refractivity contribution in [1.29, 1.82) is 0 Å². The van der Waals surface area contributed by atoms with Crippen molar-refractivity contribution >= 4 is 5.91 Å². The molecular weight excluding hydrogens is 336 g/mol. The van der Waals surface area contributed by atoms with E-state index >= 15 is 0 Å². The zero-order valence-electron chi connectivity index (χ0n) is 16.0. The molecule has 0 atom stereocenters. The fourth-order valence-corrected chi connectivity index (χ4v) is 2.97. The van der Waals surface area contributed by atoms with Crippen molar-refractivity contribution in [3.8, 4) is 11.1 Å². The van der Waals surface area contributed by atoms with Crippen LogP contribution in [0.25, 0.3) is 11.1 Å². The smallest absolute Gasteiger partial charge is 0.253 e. The van der Waals surface area contributed by atoms with Gasteiger partial charge in [0.25, 0.3) is 11.6 Å². The molecule has 1 aromatic heterocycles. The molecule has 3 rings (SSSR count). The topological polar surface area (TPSA) is 42.2 Å². The van der Waals surface area contributed by atoms with Crippen LogP contribution < -0.4 is 14.9 Å². The summed E-state index contributed by atoms with van der Waals surface area (Å²) in [5.74, 6) is 0.359. The number of aromatic nitrogens is 1. The Morgan fingerprint density at radius 2 is 1.74 bits per heavy atom. The molecular formula is C23H25N2O2+. The Balaban J connectivity index is 1.77. The molecule has 4 heteroatoms. The van der Waals surface area contributed by atoms with Gasteiger partial charge in [0.15, 0.2) is 0 Å². The number of nitrogens with zero attached hydrogens (tertiary/aromatic N) is 1. The van der Waals surface area contributed by atoms with Crippen molar-refractivity contribution in [3.05, 3.63) is 89.7 Å². The average molecular weight is 361 g/mol. The van der Waals surface area contributed by atoms with Crippen molar-refractivity contribution < 1.29 is 14.4 Å². The zero-order chi connectivity index (χ0) is 19.2. The van der Waals surface area contributed by atoms with Crippen LogP contribution in [0.3, 0.4) is 0 Å². The van der Waals surface area contributed by atoms with E-state index in [9.17, 15) is 4.79 Å². The molecule has 0 radical (unpaired) electrons. The monoisotopic (exact) mass is 361 g/mol. The molecule has 0 aliphatic carbocycles. The summed E-state index contributed by atoms with van der Waals surface area (Å²) in [7, 11) is 1.60. The van der Waals surface area contributed by atoms with E-state index in [1.807, 2.05) is 48.7 Å². The van der Waals surface area contributed by atoms with Crippen LogP contribution in [-0.4, -0.2) is 13.0 Å². The van der Waals surface area contributed by atoms with Crippen LogP contribution in [0.5, 0.6) is 0 Å². The lowest BCUT2D eigenvalue weighted by Crippen LogP contribution is -2.45. The van der Waals surface area contributed by atoms with E-state index in [0.29, 0.717) is 18.0 Å². The fourth-order valence-electron chi connectivity index (χ4n) is 2.97. The number of benzene rings is 2. The number of hydrogen-bond acceptors (Lipinski definition) is 2. The van der Waals surface area contributed by atoms with Crippen LogP contribution >= 0.6 is 0 Å². The molecule has 1 heterocycles. The standard InChI is InChI=1S/C23H24N2O2/c1-17(2)18-8-6-9-19(14-18)20-10-7-11-21(15-20)23(26)24-16-22-12-4-5-13-25(22)27-3/h4-15,17H,16H2,1-3H3/p+1. The number of hydrogen-bond donors (Lipinski definition) is 1. The first-order valence-corrected chi connectivity index (χ1v) is 9.11. The van der Waals surface area contributed by atoms with Crippen LogP contribution in [-0.2, 0) is 6.54 Å². The highest BCUT2D eigenvalue weighted by atomic mass is 16.6. The summed E-state index contributed by atoms with van der Waals surface area (Å²) >= 11 is 0. The van der Waals surface area contributed by atoms with Gasteiger partial charge in [0, 0.05) is 22.4 Å². The molecule has 138 valence electrons. The molecule has 1 N–H and O–H groups in total. The van der Waals surface area contributed by atoms with Crippen molar-refractivity contribution in [3.63, 3.8) is 0 Å². The molecule has 0 aliphatic rings. The molecule has 0 bridgehead atoms. The zero-order valence-corrected chi connectivity index (χ0v) is 16.0. The lowest BCUT2D eigenvalue weighted by Gasteiger charge is -2.10. The van der Waals surface area contributed by atoms with Gasteiger partial charge < -0.3 is 5.32 Å². The highest BCUT2D eigenvalue weighted by Crippen LogP contribution is 2.24. The van der Waals surface area contributed by atoms with Crippen LogP contribution in [0.15, 0.2) is 72.9 Å². The Morgan fingerprint density at radius 1 is 1.00 bits per heavy atom. The first kappa shape index (κ1) is 18.6. The molecule has 2 aromatic carbocycles. The Morgan fingerprint density at radius 3 is 2.48 bits per heavy atom. The molecule has 0 unspecified atom stereocenters. The van der Waals surface area contributed by atoms with E-state index in [1.54, 1.807) is 11.8 Å². The number of carbonyl (C=O) groups excluding carboxylic acids is 1. The van der Waals surface area contributed by atoms with E-state index < -0.39 is 0 Å². The number of carbonyl (C=O) groups is 1. The second-order valence-electron chi connectivity index (χ2n) is 6.74. The second-order valence-corrected chi connectivity index (χ2v) is 6.74. The quantitative estimate of drug-likeness (QED) is 0.680. The number of rotatable bonds is 6. The molecule has 3 aromatic rings. The van der Waals surface area contributed by atoms with E-state index in [1.165, 1.54) is 5.56 Å². The van der Waals surface area contributed by atoms with Crippen LogP contribution in [0.2, 0.25) is 0 Å². The Labute approximate surface area is 160 Å². The molecule has 0 saturated heterocycles. The minimum Gasteiger partial charge on any atom is -0.342 e. The summed E-state index contributed by atoms with van der Waals surface area (Å²) in [5, 5.41) is 2.96. The second kappa shape index (κ2) is 8.49. The van der Waals surface area contributed by atoms with Gasteiger partial charge in [0.1, 0.15) is 13.7 Å². The first-order valence-electron chi connectivity index (χ1n) is 9.11. The van der Waals surface area contributed by atoms with Gasteiger partial charge in [-0.2, -0.15) is 0 Å². The van der Waals surface area contributed by atoms with Gasteiger partial charge in [-0.3, -0.25) is 9.63 Å². The minimum absolute atomic E-state index is 0.108. The summed E-state index contributed by atoms with van der Waals surface area (Å²) in [6, 6.07) is 21.9. The third kappa shape index (κ3) is 4.53. The van der Waals surface area contributed by atoms with Gasteiger partial charge >= 0.3 is 0 Å². The predicted molar refractivity (Wildman–Crippen MR) is 106 cm³/mol. The molecule has 0 spiro atoms. The Bertz CT molecular complexity index is 935. The third-order valence-electron chi connectivity index (χ3n) is 4.54. The molecule has 0 aliphatic heterocycles. The first-order chi connectivity index (χ1) is 13.1. The Kier molecular flexibility index (Phi) is 5.87. The van der Waals surface area contributed by atoms with Gasteiger partial charge in [-0.25, -0.2) is 0 Å². The van der Waals surface area contributed by atoms with E-state index in [-0.39, 0.29) is 5.91 Å². The Hall–Kier alpha value is -3.14. The summed E-state index contributed by atoms with van der Waals surface area (Å²) in [5.41, 5.74) is 4.96. The SMILES string of the molecule is CO[n+]1ccccc1CNC(=O)c1cccc(-c2cccc(C(C)C)c2)c1. The van der Waals surface area contributed by atoms with Gasteiger partial charge in [0.2, 0.25) is 6.20 Å². The predicted octanol–water partition coefficient (Wildman–Crippen LogP) is 3.75. The van der Waals surface area contributed by atoms with Crippen LogP contribution in [0.1, 0.15) is 41.4 Å². The third-order valence-corrected chi connectivity index (χ3v) is 4.54. The van der Waals surface area contributed by atoms with E-state index in [2.05, 4.69) is 43.4 Å². The molecule has 4 nitrogen and oxygen atoms in total. The highest BCUT2D eigenvalue weighted by molar-refractivity contribution is 5.95. The van der Waals surface area contributed by atoms with Gasteiger partial charge in [-0.05, 0) is 40.8 Å². The van der Waals surface area contributed by atoms with E-state index in [0.717, 1.165) is 16.8 Å². The largest absolute Gasteiger partial charge is 0.342 e. The minimum atomic E-state index is -0.108. The molecule has 27 heavy (non-hydrogen) atoms. The normalized spacial score (nSPS) is 10.7. The number of nitrogens with one attached hydrogen (secondary N) is 1. The van der Waals surface area contributed by atoms with Gasteiger partial charge in [0.05, 0.1) is 0 Å². The van der Waals surface area contributed by atoms with Crippen LogP contribution in [0.4, 0.5) is 0 Å². The van der Waals surface area contributed by atoms with Crippen molar-refractivity contribution in [2.75, 3.05) is 7.11 Å². The molecule has 0 saturated carbocycles. The fraction of sp³-hybridized carbons (Fsp3) is 0.217. The maximum atomic E-state index is 12.6. The highest BCUT2D eigenvalue weighted by Gasteiger charge is 2.13. The summed E-state index contributed by atoms with van der Waals surface area (Å²) in [4.78, 5) is 17.9. The van der Waals surface area contributed by atoms with Crippen molar-refractivity contribution in [2.45, 2.75) is 26.3 Å². The lowest BCUT2D eigenvalue weighted by atomic mass is 9.96. The molecule has 0 fully saturated rings. The van der Waals surface area contributed by atoms with Crippen molar-refractivity contribution in [1.82, 2.24) is 5.32 Å².